The normalized spacial score (nSPS) is 44.2. The minimum Gasteiger partial charge on any atom is -0.477 e. The van der Waals surface area contributed by atoms with Gasteiger partial charge in [0.1, 0.15) is 220 Å². The lowest BCUT2D eigenvalue weighted by atomic mass is 9.89. The molecule has 47 atom stereocenters. The number of rotatable bonds is 39. The van der Waals surface area contributed by atoms with Gasteiger partial charge in [0, 0.05) is 33.6 Å². The van der Waals surface area contributed by atoms with Crippen LogP contribution in [-0.4, -0.2) is 546 Å². The number of amides is 3. The van der Waals surface area contributed by atoms with Gasteiger partial charge in [0.05, 0.1) is 84.3 Å². The van der Waals surface area contributed by atoms with E-state index in [0.29, 0.717) is 0 Å². The van der Waals surface area contributed by atoms with Crippen LogP contribution in [0.3, 0.4) is 0 Å². The molecule has 0 radical (unpaired) electrons. The fourth-order valence-corrected chi connectivity index (χ4v) is 15.0. The molecule has 0 aromatic heterocycles. The first-order valence-corrected chi connectivity index (χ1v) is 38.4. The van der Waals surface area contributed by atoms with Crippen molar-refractivity contribution in [2.24, 2.45) is 0 Å². The molecular formula is C67H113N3O53. The molecule has 0 aromatic rings. The molecule has 8 aliphatic heterocycles. The van der Waals surface area contributed by atoms with E-state index in [1.54, 1.807) is 0 Å². The zero-order valence-electron chi connectivity index (χ0n) is 65.4. The Bertz CT molecular complexity index is 3320. The lowest BCUT2D eigenvalue weighted by molar-refractivity contribution is -0.409. The average Bonchev–Trinajstić information content (AvgIpc) is 0.736. The van der Waals surface area contributed by atoms with Gasteiger partial charge < -0.3 is 255 Å². The first kappa shape index (κ1) is 104. The predicted octanol–water partition coefficient (Wildman–Crippen LogP) is -22.8. The molecule has 8 fully saturated rings. The van der Waals surface area contributed by atoms with Gasteiger partial charge in [0.25, 0.3) is 11.6 Å². The van der Waals surface area contributed by atoms with E-state index in [0.717, 1.165) is 20.8 Å². The van der Waals surface area contributed by atoms with Crippen molar-refractivity contribution in [1.29, 1.82) is 0 Å². The minimum atomic E-state index is -3.64. The molecule has 3 amide bonds. The van der Waals surface area contributed by atoms with Crippen LogP contribution in [0.15, 0.2) is 0 Å². The van der Waals surface area contributed by atoms with Crippen LogP contribution in [0, 0.1) is 0 Å². The number of ether oxygens (including phenoxy) is 16. The highest BCUT2D eigenvalue weighted by Crippen LogP contribution is 2.45. The maximum Gasteiger partial charge on any atom is 0.364 e. The van der Waals surface area contributed by atoms with E-state index in [1.807, 2.05) is 0 Å². The van der Waals surface area contributed by atoms with Gasteiger partial charge in [-0.1, -0.05) is 0 Å². The summed E-state index contributed by atoms with van der Waals surface area (Å²) < 4.78 is 91.9. The van der Waals surface area contributed by atoms with E-state index in [9.17, 15) is 187 Å². The highest BCUT2D eigenvalue weighted by molar-refractivity contribution is 5.77. The highest BCUT2D eigenvalue weighted by atomic mass is 16.8. The lowest BCUT2D eigenvalue weighted by Gasteiger charge is -2.52. The van der Waals surface area contributed by atoms with Crippen molar-refractivity contribution < 1.29 is 263 Å². The number of aliphatic hydroxyl groups excluding tert-OH is 30. The van der Waals surface area contributed by atoms with Gasteiger partial charge in [-0.15, -0.1) is 0 Å². The molecule has 0 bridgehead atoms. The number of hydrogen-bond donors (Lipinski definition) is 35. The summed E-state index contributed by atoms with van der Waals surface area (Å²) in [5.41, 5.74) is 0. The number of carboxylic acids is 2. The van der Waals surface area contributed by atoms with Crippen LogP contribution >= 0.6 is 0 Å². The highest BCUT2D eigenvalue weighted by Gasteiger charge is 2.65. The second kappa shape index (κ2) is 44.9. The predicted molar refractivity (Wildman–Crippen MR) is 374 cm³/mol. The molecule has 35 N–H and O–H groups in total. The van der Waals surface area contributed by atoms with Crippen LogP contribution in [0.5, 0.6) is 0 Å². The summed E-state index contributed by atoms with van der Waals surface area (Å²) in [6, 6.07) is -5.05. The molecular weight excluding hydrogens is 1690 g/mol. The van der Waals surface area contributed by atoms with Gasteiger partial charge in [-0.05, 0) is 0 Å². The molecule has 0 aliphatic carbocycles. The minimum absolute atomic E-state index is 0.789. The van der Waals surface area contributed by atoms with Crippen LogP contribution in [0.2, 0.25) is 0 Å². The third-order valence-corrected chi connectivity index (χ3v) is 21.8. The first-order valence-electron chi connectivity index (χ1n) is 38.4. The van der Waals surface area contributed by atoms with Crippen molar-refractivity contribution in [3.8, 4) is 0 Å². The van der Waals surface area contributed by atoms with Gasteiger partial charge in [0.15, 0.2) is 37.7 Å². The van der Waals surface area contributed by atoms with E-state index in [1.165, 1.54) is 0 Å². The summed E-state index contributed by atoms with van der Waals surface area (Å²) in [7, 11) is 0. The summed E-state index contributed by atoms with van der Waals surface area (Å²) in [4.78, 5) is 64.0. The number of hydrogen-bond acceptors (Lipinski definition) is 51. The van der Waals surface area contributed by atoms with Crippen LogP contribution in [0.25, 0.3) is 0 Å². The Morgan fingerprint density at radius 1 is 0.374 bits per heavy atom. The molecule has 123 heavy (non-hydrogen) atoms. The second-order valence-corrected chi connectivity index (χ2v) is 30.7. The van der Waals surface area contributed by atoms with Gasteiger partial charge in [0.2, 0.25) is 17.7 Å². The van der Waals surface area contributed by atoms with Crippen molar-refractivity contribution in [2.45, 2.75) is 321 Å². The molecule has 714 valence electrons. The molecule has 8 saturated heterocycles. The zero-order valence-corrected chi connectivity index (χ0v) is 65.4. The third kappa shape index (κ3) is 23.6. The Morgan fingerprint density at radius 2 is 0.772 bits per heavy atom. The van der Waals surface area contributed by atoms with Crippen LogP contribution in [0.1, 0.15) is 33.6 Å². The SMILES string of the molecule is CC(=O)N[C@H]1[C@H](OC[C@@H](O)[C@@H](O)[C@H](O)[C@H](CO)NC(C)=O)O[C@H](CO[C@]2(C(=O)O)C[C@@H](O[C@]3(C(=O)O)C[C@@H](O)[C@@H](O)[C@@H]([C@H](O)CO)O3)[C@@H](O[C@H]3O[C@H]([C@@H](O)CO)[C@@H](O)[C@H](O[C@H]4O[C@H]([C@@H](O)CO[C@H]5O[C@H]([C@@H](O)CO[C@H]6O[C@H](CO)[C@@H](O)[C@H](O)[C@H]6NC(C)=O)[C@@H](O)[C@H](O)[C@@H]5O)[C@@H](O)[C@H](O[C@H]5O[C@H](CO)[C@@H](O)[C@H](O)[C@H]5O)[C@@H]4O)[C@@H]3O)[C@@H]([C@H](O)CO)O2)[C@@H](O)[C@@H]1O. The molecule has 0 spiro atoms. The van der Waals surface area contributed by atoms with Crippen molar-refractivity contribution in [2.75, 3.05) is 66.1 Å². The van der Waals surface area contributed by atoms with Gasteiger partial charge in [-0.25, -0.2) is 9.59 Å². The molecule has 0 aromatic carbocycles. The van der Waals surface area contributed by atoms with Crippen molar-refractivity contribution in [3.05, 3.63) is 0 Å². The summed E-state index contributed by atoms with van der Waals surface area (Å²) >= 11 is 0. The standard InChI is InChI=1S/C67H113N3O53/c1-16(77)68-19(6-71)33(87)34(88)24(84)12-108-59-32(70-18(3)79)40(94)38(92)30(114-59)15-111-66(64(104)105)5-27(121-67(65(106)107)4-20(80)35(89)53(122-67)22(82)8-73)55(54(123-66)23(83)9-74)118-62-48(102)56(46(100)50(116-62)21(81)7-72)120-63-49(103)57(119-61-45(99)41(95)37(91)29(11-76)113-61)47(101)52(117-63)26(86)14-110-60-44(98)42(96)43(97)51(115-60)25(85)13-109-58-31(69-17(2)78)39(93)36(90)28(10-75)112-58/h19-63,71-76,80-103H,4-15H2,1-3H3,(H,68,77)(H,69,78)(H,70,79)(H,104,105)(H,106,107)/t19-,20+,21-,22+,23+,24+,25-,26-,27+,28+,29+,30+,31+,32+,33+,34+,35+,36+,37+,38+,39+,40+,41-,42-,43-,44-,45+,46+,47+,48-,49-,50+,51+,52+,53+,54+,55+,56-,57-,58-,59+,60-,61+,62+,63+,66+,67+/m0/s1. The Labute approximate surface area is 693 Å². The molecule has 8 aliphatic rings. The van der Waals surface area contributed by atoms with Crippen molar-refractivity contribution in [1.82, 2.24) is 16.0 Å². The second-order valence-electron chi connectivity index (χ2n) is 30.7. The molecule has 0 unspecified atom stereocenters. The number of carboxylic acid groups (broad SMARTS) is 2. The maximum atomic E-state index is 14.1. The molecule has 56 heteroatoms. The zero-order chi connectivity index (χ0) is 91.8. The number of aliphatic hydroxyl groups is 30. The summed E-state index contributed by atoms with van der Waals surface area (Å²) in [5, 5.41) is 360. The third-order valence-electron chi connectivity index (χ3n) is 21.8. The topological polar surface area (TPSA) is 916 Å². The Morgan fingerprint density at radius 3 is 1.25 bits per heavy atom. The fraction of sp³-hybridized carbons (Fsp3) is 0.925. The van der Waals surface area contributed by atoms with E-state index in [4.69, 9.17) is 75.8 Å². The summed E-state index contributed by atoms with van der Waals surface area (Å²) in [6.07, 6.45) is -102. The number of aliphatic carboxylic acids is 2. The van der Waals surface area contributed by atoms with E-state index >= 15 is 0 Å². The molecule has 8 rings (SSSR count). The number of nitrogens with one attached hydrogen (secondary N) is 3. The fourth-order valence-electron chi connectivity index (χ4n) is 15.0. The quantitative estimate of drug-likeness (QED) is 0.0272. The molecule has 56 nitrogen and oxygen atoms in total. The van der Waals surface area contributed by atoms with E-state index < -0.39 is 396 Å². The van der Waals surface area contributed by atoms with Crippen LogP contribution < -0.4 is 16.0 Å². The lowest BCUT2D eigenvalue weighted by Crippen LogP contribution is -2.71. The Kier molecular flexibility index (Phi) is 37.9. The van der Waals surface area contributed by atoms with Gasteiger partial charge in [-0.2, -0.15) is 0 Å². The van der Waals surface area contributed by atoms with Gasteiger partial charge >= 0.3 is 11.9 Å². The smallest absolute Gasteiger partial charge is 0.364 e. The van der Waals surface area contributed by atoms with Crippen molar-refractivity contribution in [3.63, 3.8) is 0 Å². The average molecular weight is 1810 g/mol. The first-order chi connectivity index (χ1) is 57.7. The van der Waals surface area contributed by atoms with Gasteiger partial charge in [-0.3, -0.25) is 14.4 Å². The monoisotopic (exact) mass is 1810 g/mol. The summed E-state index contributed by atoms with van der Waals surface area (Å²) in [5.74, 6) is -14.5. The van der Waals surface area contributed by atoms with Crippen LogP contribution in [-0.2, 0) is 99.8 Å². The van der Waals surface area contributed by atoms with E-state index in [-0.39, 0.29) is 0 Å². The Balaban J connectivity index is 1.13. The number of carbonyl (C=O) groups is 5. The van der Waals surface area contributed by atoms with Crippen LogP contribution in [0.4, 0.5) is 0 Å². The molecule has 0 saturated carbocycles. The van der Waals surface area contributed by atoms with E-state index in [2.05, 4.69) is 16.0 Å². The van der Waals surface area contributed by atoms with Crippen molar-refractivity contribution >= 4 is 29.7 Å². The Hall–Kier alpha value is -4.49. The molecule has 8 heterocycles. The summed E-state index contributed by atoms with van der Waals surface area (Å²) in [6.45, 7) is -9.54. The largest absolute Gasteiger partial charge is 0.477 e. The maximum absolute atomic E-state index is 14.1. The number of carbonyl (C=O) groups excluding carboxylic acids is 3.